The van der Waals surface area contributed by atoms with E-state index in [1.54, 1.807) is 0 Å². The molecule has 31 heavy (non-hydrogen) atoms. The third-order valence-corrected chi connectivity index (χ3v) is 5.99. The molecule has 1 aliphatic heterocycles. The molecule has 3 aromatic rings. The van der Waals surface area contributed by atoms with Crippen LogP contribution in [0.2, 0.25) is 0 Å². The Labute approximate surface area is 184 Å². The van der Waals surface area contributed by atoms with Crippen molar-refractivity contribution in [3.05, 3.63) is 83.9 Å². The van der Waals surface area contributed by atoms with Crippen molar-refractivity contribution >= 4 is 5.91 Å². The second-order valence-electron chi connectivity index (χ2n) is 8.26. The van der Waals surface area contributed by atoms with Crippen LogP contribution in [0, 0.1) is 12.8 Å². The van der Waals surface area contributed by atoms with Gasteiger partial charge >= 0.3 is 0 Å². The minimum absolute atomic E-state index is 0.0426. The number of carbonyl (C=O) groups is 1. The molecular weight excluding hydrogens is 384 g/mol. The minimum Gasteiger partial charge on any atom is -0.341 e. The molecule has 1 aliphatic rings. The van der Waals surface area contributed by atoms with E-state index in [0.717, 1.165) is 56.1 Å². The number of aromatic nitrogens is 2. The molecule has 1 unspecified atom stereocenters. The summed E-state index contributed by atoms with van der Waals surface area (Å²) in [6.07, 6.45) is 4.37. The van der Waals surface area contributed by atoms with E-state index in [1.807, 2.05) is 42.4 Å². The lowest BCUT2D eigenvalue weighted by Gasteiger charge is -2.23. The molecular formula is C26H30N4O. The number of likely N-dealkylation sites (N-methyl/N-ethyl adjacent to an activating group) is 1. The van der Waals surface area contributed by atoms with Gasteiger partial charge in [0.2, 0.25) is 5.91 Å². The first-order valence-electron chi connectivity index (χ1n) is 11.1. The number of carbonyl (C=O) groups excluding carboxylic acids is 1. The van der Waals surface area contributed by atoms with E-state index in [-0.39, 0.29) is 11.8 Å². The van der Waals surface area contributed by atoms with Crippen LogP contribution in [-0.2, 0) is 17.8 Å². The molecule has 3 heterocycles. The van der Waals surface area contributed by atoms with Gasteiger partial charge in [0, 0.05) is 50.8 Å². The predicted octanol–water partition coefficient (Wildman–Crippen LogP) is 3.98. The summed E-state index contributed by atoms with van der Waals surface area (Å²) in [5.41, 5.74) is 5.62. The molecule has 5 heteroatoms. The van der Waals surface area contributed by atoms with Crippen molar-refractivity contribution in [1.29, 1.82) is 0 Å². The van der Waals surface area contributed by atoms with Gasteiger partial charge in [0.15, 0.2) is 0 Å². The van der Waals surface area contributed by atoms with Crippen molar-refractivity contribution < 1.29 is 4.79 Å². The molecule has 1 saturated heterocycles. The first kappa shape index (κ1) is 21.2. The number of rotatable bonds is 6. The van der Waals surface area contributed by atoms with Crippen LogP contribution in [0.5, 0.6) is 0 Å². The second kappa shape index (κ2) is 9.84. The van der Waals surface area contributed by atoms with E-state index in [2.05, 4.69) is 58.2 Å². The highest BCUT2D eigenvalue weighted by atomic mass is 16.2. The topological polar surface area (TPSA) is 49.3 Å². The molecule has 2 aromatic heterocycles. The van der Waals surface area contributed by atoms with E-state index in [1.165, 1.54) is 11.1 Å². The molecule has 0 radical (unpaired) electrons. The average molecular weight is 415 g/mol. The fourth-order valence-electron chi connectivity index (χ4n) is 4.30. The molecule has 1 amide bonds. The highest BCUT2D eigenvalue weighted by Gasteiger charge is 2.29. The first-order chi connectivity index (χ1) is 15.1. The highest BCUT2D eigenvalue weighted by Crippen LogP contribution is 2.22. The molecule has 0 saturated carbocycles. The van der Waals surface area contributed by atoms with Gasteiger partial charge in [-0.1, -0.05) is 30.3 Å². The van der Waals surface area contributed by atoms with Gasteiger partial charge in [-0.05, 0) is 61.2 Å². The summed E-state index contributed by atoms with van der Waals surface area (Å²) in [6, 6.07) is 18.8. The summed E-state index contributed by atoms with van der Waals surface area (Å²) in [5, 5.41) is 0. The number of aryl methyl sites for hydroxylation is 1. The number of nitrogens with zero attached hydrogens (tertiary/aromatic N) is 4. The normalized spacial score (nSPS) is 17.5. The largest absolute Gasteiger partial charge is 0.341 e. The summed E-state index contributed by atoms with van der Waals surface area (Å²) in [4.78, 5) is 26.3. The summed E-state index contributed by atoms with van der Waals surface area (Å²) in [7, 11) is 0. The van der Waals surface area contributed by atoms with Gasteiger partial charge < -0.3 is 4.90 Å². The zero-order chi connectivity index (χ0) is 21.6. The number of benzene rings is 1. The van der Waals surface area contributed by atoms with Crippen molar-refractivity contribution in [3.8, 4) is 11.1 Å². The molecule has 0 aliphatic carbocycles. The Hall–Kier alpha value is -3.05. The Morgan fingerprint density at radius 2 is 1.71 bits per heavy atom. The van der Waals surface area contributed by atoms with Gasteiger partial charge in [-0.25, -0.2) is 0 Å². The van der Waals surface area contributed by atoms with Crippen LogP contribution >= 0.6 is 0 Å². The zero-order valence-electron chi connectivity index (χ0n) is 18.4. The van der Waals surface area contributed by atoms with Crippen LogP contribution in [0.15, 0.2) is 67.0 Å². The van der Waals surface area contributed by atoms with Crippen molar-refractivity contribution in [1.82, 2.24) is 19.8 Å². The zero-order valence-corrected chi connectivity index (χ0v) is 18.4. The number of hydrogen-bond donors (Lipinski definition) is 0. The van der Waals surface area contributed by atoms with Crippen molar-refractivity contribution in [3.63, 3.8) is 0 Å². The first-order valence-corrected chi connectivity index (χ1v) is 11.1. The number of hydrogen-bond acceptors (Lipinski definition) is 4. The van der Waals surface area contributed by atoms with E-state index in [9.17, 15) is 4.79 Å². The van der Waals surface area contributed by atoms with Crippen molar-refractivity contribution in [2.75, 3.05) is 26.2 Å². The van der Waals surface area contributed by atoms with Crippen LogP contribution in [0.1, 0.15) is 23.9 Å². The molecule has 1 fully saturated rings. The van der Waals surface area contributed by atoms with Crippen LogP contribution < -0.4 is 0 Å². The SMILES string of the molecule is CCN1CCN(Cc2cccc(C)n2)CC(Cc2ccc(-c3ccncc3)cc2)C1=O. The smallest absolute Gasteiger partial charge is 0.227 e. The molecule has 160 valence electrons. The lowest BCUT2D eigenvalue weighted by Crippen LogP contribution is -2.37. The van der Waals surface area contributed by atoms with Gasteiger partial charge in [0.1, 0.15) is 0 Å². The average Bonchev–Trinajstić information content (AvgIpc) is 2.93. The Morgan fingerprint density at radius 1 is 0.968 bits per heavy atom. The van der Waals surface area contributed by atoms with E-state index in [0.29, 0.717) is 0 Å². The van der Waals surface area contributed by atoms with Gasteiger partial charge in [0.05, 0.1) is 11.6 Å². The maximum absolute atomic E-state index is 13.2. The quantitative estimate of drug-likeness (QED) is 0.612. The van der Waals surface area contributed by atoms with Gasteiger partial charge in [-0.2, -0.15) is 0 Å². The Morgan fingerprint density at radius 3 is 2.42 bits per heavy atom. The molecule has 1 atom stereocenters. The van der Waals surface area contributed by atoms with Crippen molar-refractivity contribution in [2.24, 2.45) is 5.92 Å². The number of amides is 1. The molecule has 1 aromatic carbocycles. The van der Waals surface area contributed by atoms with E-state index < -0.39 is 0 Å². The second-order valence-corrected chi connectivity index (χ2v) is 8.26. The van der Waals surface area contributed by atoms with Crippen LogP contribution in [0.3, 0.4) is 0 Å². The maximum atomic E-state index is 13.2. The predicted molar refractivity (Wildman–Crippen MR) is 123 cm³/mol. The highest BCUT2D eigenvalue weighted by molar-refractivity contribution is 5.79. The molecule has 4 rings (SSSR count). The lowest BCUT2D eigenvalue weighted by molar-refractivity contribution is -0.134. The summed E-state index contributed by atoms with van der Waals surface area (Å²) >= 11 is 0. The summed E-state index contributed by atoms with van der Waals surface area (Å²) in [6.45, 7) is 8.04. The third kappa shape index (κ3) is 5.36. The van der Waals surface area contributed by atoms with E-state index in [4.69, 9.17) is 0 Å². The summed E-state index contributed by atoms with van der Waals surface area (Å²) < 4.78 is 0. The van der Waals surface area contributed by atoms with Crippen LogP contribution in [0.25, 0.3) is 11.1 Å². The number of pyridine rings is 2. The van der Waals surface area contributed by atoms with Gasteiger partial charge in [-0.15, -0.1) is 0 Å². The molecule has 0 N–H and O–H groups in total. The van der Waals surface area contributed by atoms with Gasteiger partial charge in [0.25, 0.3) is 0 Å². The Bertz CT molecular complexity index is 1000. The maximum Gasteiger partial charge on any atom is 0.227 e. The van der Waals surface area contributed by atoms with E-state index >= 15 is 0 Å². The minimum atomic E-state index is -0.0426. The monoisotopic (exact) mass is 414 g/mol. The molecule has 5 nitrogen and oxygen atoms in total. The molecule has 0 spiro atoms. The standard InChI is InChI=1S/C26H30N4O/c1-3-30-16-15-29(19-25-6-4-5-20(2)28-25)18-24(26(30)31)17-21-7-9-22(10-8-21)23-11-13-27-14-12-23/h4-14,24H,3,15-19H2,1-2H3. The van der Waals surface area contributed by atoms with Crippen LogP contribution in [0.4, 0.5) is 0 Å². The Kier molecular flexibility index (Phi) is 6.73. The lowest BCUT2D eigenvalue weighted by atomic mass is 9.96. The molecule has 0 bridgehead atoms. The fourth-order valence-corrected chi connectivity index (χ4v) is 4.30. The summed E-state index contributed by atoms with van der Waals surface area (Å²) in [5.74, 6) is 0.222. The fraction of sp³-hybridized carbons (Fsp3) is 0.346. The van der Waals surface area contributed by atoms with Crippen molar-refractivity contribution in [2.45, 2.75) is 26.8 Å². The third-order valence-electron chi connectivity index (χ3n) is 5.99. The van der Waals surface area contributed by atoms with Crippen LogP contribution in [-0.4, -0.2) is 51.9 Å². The Balaban J connectivity index is 1.49. The van der Waals surface area contributed by atoms with Gasteiger partial charge in [-0.3, -0.25) is 19.7 Å².